The molecule has 0 bridgehead atoms. The molecule has 0 radical (unpaired) electrons. The van der Waals surface area contributed by atoms with E-state index in [2.05, 4.69) is 51.4 Å². The Morgan fingerprint density at radius 2 is 1.88 bits per heavy atom. The Bertz CT molecular complexity index is 178. The smallest absolute Gasteiger partial charge is 0.0163 e. The highest BCUT2D eigenvalue weighted by atomic mass is 15.1. The summed E-state index contributed by atoms with van der Waals surface area (Å²) >= 11 is 0. The molecule has 0 fully saturated rings. The average Bonchev–Trinajstić information content (AvgIpc) is 2.24. The predicted molar refractivity (Wildman–Crippen MR) is 73.8 cm³/mol. The second-order valence-electron chi connectivity index (χ2n) is 5.06. The fourth-order valence-corrected chi connectivity index (χ4v) is 1.87. The number of nitrogens with one attached hydrogen (secondary N) is 1. The maximum Gasteiger partial charge on any atom is 0.0163 e. The fraction of sp³-hybridized carbons (Fsp3) is 0.857. The minimum absolute atomic E-state index is 0.577. The van der Waals surface area contributed by atoms with Crippen molar-refractivity contribution in [2.24, 2.45) is 5.92 Å². The molecule has 2 nitrogen and oxygen atoms in total. The number of hydrogen-bond donors (Lipinski definition) is 1. The molecule has 0 amide bonds. The van der Waals surface area contributed by atoms with Gasteiger partial charge in [-0.25, -0.2) is 0 Å². The SMILES string of the molecule is C=CCN(CCC)C(C)C(C)CNC(C)C. The molecule has 16 heavy (non-hydrogen) atoms. The molecule has 1 N–H and O–H groups in total. The van der Waals surface area contributed by atoms with Gasteiger partial charge in [0.25, 0.3) is 0 Å². The van der Waals surface area contributed by atoms with Gasteiger partial charge in [-0.1, -0.05) is 33.8 Å². The van der Waals surface area contributed by atoms with Gasteiger partial charge in [0, 0.05) is 18.6 Å². The molecule has 0 saturated carbocycles. The Kier molecular flexibility index (Phi) is 8.58. The van der Waals surface area contributed by atoms with Crippen molar-refractivity contribution in [2.75, 3.05) is 19.6 Å². The highest BCUT2D eigenvalue weighted by Crippen LogP contribution is 2.11. The van der Waals surface area contributed by atoms with Gasteiger partial charge in [0.2, 0.25) is 0 Å². The zero-order valence-electron chi connectivity index (χ0n) is 11.8. The van der Waals surface area contributed by atoms with Crippen molar-refractivity contribution in [1.29, 1.82) is 0 Å². The molecule has 2 atom stereocenters. The lowest BCUT2D eigenvalue weighted by molar-refractivity contribution is 0.175. The van der Waals surface area contributed by atoms with Crippen LogP contribution in [0.5, 0.6) is 0 Å². The maximum absolute atomic E-state index is 3.84. The van der Waals surface area contributed by atoms with Crippen LogP contribution in [0.2, 0.25) is 0 Å². The van der Waals surface area contributed by atoms with E-state index in [1.807, 2.05) is 6.08 Å². The Hall–Kier alpha value is -0.340. The van der Waals surface area contributed by atoms with Gasteiger partial charge in [-0.15, -0.1) is 6.58 Å². The van der Waals surface area contributed by atoms with Crippen LogP contribution >= 0.6 is 0 Å². The monoisotopic (exact) mass is 226 g/mol. The minimum Gasteiger partial charge on any atom is -0.314 e. The molecule has 0 heterocycles. The summed E-state index contributed by atoms with van der Waals surface area (Å²) in [6, 6.07) is 1.19. The minimum atomic E-state index is 0.577. The molecule has 0 spiro atoms. The van der Waals surface area contributed by atoms with E-state index in [9.17, 15) is 0 Å². The van der Waals surface area contributed by atoms with Crippen molar-refractivity contribution in [2.45, 2.75) is 53.1 Å². The maximum atomic E-state index is 3.84. The van der Waals surface area contributed by atoms with E-state index in [4.69, 9.17) is 0 Å². The second-order valence-corrected chi connectivity index (χ2v) is 5.06. The topological polar surface area (TPSA) is 15.3 Å². The predicted octanol–water partition coefficient (Wildman–Crippen LogP) is 2.91. The van der Waals surface area contributed by atoms with E-state index in [1.54, 1.807) is 0 Å². The van der Waals surface area contributed by atoms with Crippen LogP contribution < -0.4 is 5.32 Å². The molecule has 0 aliphatic carbocycles. The lowest BCUT2D eigenvalue weighted by Crippen LogP contribution is -2.42. The van der Waals surface area contributed by atoms with Crippen LogP contribution in [-0.2, 0) is 0 Å². The number of rotatable bonds is 9. The van der Waals surface area contributed by atoms with Crippen LogP contribution in [0.4, 0.5) is 0 Å². The molecule has 0 aliphatic heterocycles. The molecule has 0 aromatic heterocycles. The average molecular weight is 226 g/mol. The van der Waals surface area contributed by atoms with Crippen molar-refractivity contribution >= 4 is 0 Å². The second kappa shape index (κ2) is 8.77. The van der Waals surface area contributed by atoms with Gasteiger partial charge >= 0.3 is 0 Å². The summed E-state index contributed by atoms with van der Waals surface area (Å²) in [5.74, 6) is 0.675. The third kappa shape index (κ3) is 6.29. The summed E-state index contributed by atoms with van der Waals surface area (Å²) in [5.41, 5.74) is 0. The first-order valence-corrected chi connectivity index (χ1v) is 6.61. The molecule has 2 unspecified atom stereocenters. The highest BCUT2D eigenvalue weighted by molar-refractivity contribution is 4.80. The highest BCUT2D eigenvalue weighted by Gasteiger charge is 2.18. The van der Waals surface area contributed by atoms with Gasteiger partial charge in [0.1, 0.15) is 0 Å². The summed E-state index contributed by atoms with van der Waals surface area (Å²) in [6.07, 6.45) is 3.22. The van der Waals surface area contributed by atoms with Crippen molar-refractivity contribution in [1.82, 2.24) is 10.2 Å². The van der Waals surface area contributed by atoms with Crippen LogP contribution in [0.3, 0.4) is 0 Å². The van der Waals surface area contributed by atoms with Gasteiger partial charge < -0.3 is 5.32 Å². The van der Waals surface area contributed by atoms with Crippen LogP contribution in [0, 0.1) is 5.92 Å². The molecule has 0 aromatic rings. The number of hydrogen-bond acceptors (Lipinski definition) is 2. The standard InChI is InChI=1S/C14H30N2/c1-7-9-16(10-8-2)14(6)13(5)11-15-12(3)4/h7,12-15H,1,8-11H2,2-6H3. The normalized spacial score (nSPS) is 15.4. The van der Waals surface area contributed by atoms with E-state index in [-0.39, 0.29) is 0 Å². The van der Waals surface area contributed by atoms with Crippen LogP contribution in [0.15, 0.2) is 12.7 Å². The molecular weight excluding hydrogens is 196 g/mol. The summed E-state index contributed by atoms with van der Waals surface area (Å²) < 4.78 is 0. The van der Waals surface area contributed by atoms with Gasteiger partial charge in [0.05, 0.1) is 0 Å². The Morgan fingerprint density at radius 1 is 1.25 bits per heavy atom. The van der Waals surface area contributed by atoms with Gasteiger partial charge in [-0.2, -0.15) is 0 Å². The Labute approximate surface area is 102 Å². The number of nitrogens with zero attached hydrogens (tertiary/aromatic N) is 1. The quantitative estimate of drug-likeness (QED) is 0.608. The Morgan fingerprint density at radius 3 is 2.31 bits per heavy atom. The van der Waals surface area contributed by atoms with E-state index >= 15 is 0 Å². The fourth-order valence-electron chi connectivity index (χ4n) is 1.87. The third-order valence-electron chi connectivity index (χ3n) is 3.12. The van der Waals surface area contributed by atoms with E-state index in [0.717, 1.165) is 13.1 Å². The van der Waals surface area contributed by atoms with E-state index in [1.165, 1.54) is 13.0 Å². The summed E-state index contributed by atoms with van der Waals surface area (Å²) in [7, 11) is 0. The molecule has 0 aromatic carbocycles. The van der Waals surface area contributed by atoms with Crippen molar-refractivity contribution < 1.29 is 0 Å². The summed E-state index contributed by atoms with van der Waals surface area (Å²) in [6.45, 7) is 18.4. The molecule has 0 rings (SSSR count). The van der Waals surface area contributed by atoms with Crippen LogP contribution in [0.1, 0.15) is 41.0 Å². The molecular formula is C14H30N2. The van der Waals surface area contributed by atoms with Crippen molar-refractivity contribution in [3.63, 3.8) is 0 Å². The van der Waals surface area contributed by atoms with Crippen LogP contribution in [-0.4, -0.2) is 36.6 Å². The van der Waals surface area contributed by atoms with Crippen molar-refractivity contribution in [3.05, 3.63) is 12.7 Å². The van der Waals surface area contributed by atoms with E-state index in [0.29, 0.717) is 18.0 Å². The van der Waals surface area contributed by atoms with Gasteiger partial charge in [-0.3, -0.25) is 4.90 Å². The zero-order valence-corrected chi connectivity index (χ0v) is 11.8. The third-order valence-corrected chi connectivity index (χ3v) is 3.12. The first-order chi connectivity index (χ1) is 7.52. The van der Waals surface area contributed by atoms with Gasteiger partial charge in [-0.05, 0) is 32.4 Å². The van der Waals surface area contributed by atoms with Gasteiger partial charge in [0.15, 0.2) is 0 Å². The first kappa shape index (κ1) is 15.7. The van der Waals surface area contributed by atoms with Crippen LogP contribution in [0.25, 0.3) is 0 Å². The largest absolute Gasteiger partial charge is 0.314 e. The summed E-state index contributed by atoms with van der Waals surface area (Å²) in [4.78, 5) is 2.51. The molecule has 0 saturated heterocycles. The first-order valence-electron chi connectivity index (χ1n) is 6.61. The molecule has 2 heteroatoms. The molecule has 0 aliphatic rings. The van der Waals surface area contributed by atoms with E-state index < -0.39 is 0 Å². The summed E-state index contributed by atoms with van der Waals surface area (Å²) in [5, 5.41) is 3.51. The zero-order chi connectivity index (χ0) is 12.6. The lowest BCUT2D eigenvalue weighted by Gasteiger charge is -2.32. The van der Waals surface area contributed by atoms with Crippen molar-refractivity contribution in [3.8, 4) is 0 Å². The molecule has 96 valence electrons. The Balaban J connectivity index is 4.12. The lowest BCUT2D eigenvalue weighted by atomic mass is 10.0.